The Labute approximate surface area is 174 Å². The zero-order valence-corrected chi connectivity index (χ0v) is 17.2. The molecule has 2 aliphatic rings. The fourth-order valence-corrected chi connectivity index (χ4v) is 4.22. The van der Waals surface area contributed by atoms with E-state index in [4.69, 9.17) is 18.9 Å². The van der Waals surface area contributed by atoms with Crippen molar-refractivity contribution in [1.29, 1.82) is 0 Å². The Hall–Kier alpha value is -2.98. The summed E-state index contributed by atoms with van der Waals surface area (Å²) in [5.41, 5.74) is 0.365. The maximum atomic E-state index is 12.7. The summed E-state index contributed by atoms with van der Waals surface area (Å²) in [5.74, 6) is 1.34. The summed E-state index contributed by atoms with van der Waals surface area (Å²) >= 11 is 0. The predicted molar refractivity (Wildman–Crippen MR) is 107 cm³/mol. The van der Waals surface area contributed by atoms with E-state index in [1.807, 2.05) is 0 Å². The molecule has 160 valence electrons. The molecule has 4 rings (SSSR count). The first-order valence-electron chi connectivity index (χ1n) is 9.48. The Kier molecular flexibility index (Phi) is 5.69. The molecule has 0 aromatic heterocycles. The van der Waals surface area contributed by atoms with Crippen LogP contribution in [0.4, 0.5) is 5.69 Å². The number of sulfonamides is 1. The Morgan fingerprint density at radius 2 is 1.77 bits per heavy atom. The second-order valence-electron chi connectivity index (χ2n) is 6.84. The quantitative estimate of drug-likeness (QED) is 0.740. The second kappa shape index (κ2) is 8.41. The topological polar surface area (TPSA) is 103 Å². The van der Waals surface area contributed by atoms with Crippen LogP contribution in [0.1, 0.15) is 6.92 Å². The number of rotatable bonds is 6. The maximum Gasteiger partial charge on any atom is 0.263 e. The van der Waals surface area contributed by atoms with Gasteiger partial charge in [0.05, 0.1) is 23.8 Å². The number of carbonyl (C=O) groups excluding carboxylic acids is 1. The zero-order chi connectivity index (χ0) is 21.1. The highest BCUT2D eigenvalue weighted by atomic mass is 32.2. The van der Waals surface area contributed by atoms with E-state index < -0.39 is 16.1 Å². The number of carbonyl (C=O) groups is 1. The summed E-state index contributed by atoms with van der Waals surface area (Å²) in [6, 6.07) is 10.7. The van der Waals surface area contributed by atoms with Gasteiger partial charge in [-0.05, 0) is 43.3 Å². The molecule has 0 spiro atoms. The predicted octanol–water partition coefficient (Wildman–Crippen LogP) is 1.84. The number of nitrogens with one attached hydrogen (secondary N) is 1. The van der Waals surface area contributed by atoms with Crippen molar-refractivity contribution in [2.45, 2.75) is 17.9 Å². The average Bonchev–Trinajstić information content (AvgIpc) is 3.22. The number of nitrogens with zero attached hydrogens (tertiary/aromatic N) is 1. The number of hydrogen-bond donors (Lipinski definition) is 1. The number of amides is 1. The first kappa shape index (κ1) is 20.3. The fourth-order valence-electron chi connectivity index (χ4n) is 3.17. The van der Waals surface area contributed by atoms with Crippen molar-refractivity contribution in [3.8, 4) is 17.2 Å². The van der Waals surface area contributed by atoms with Crippen LogP contribution in [0, 0.1) is 0 Å². The van der Waals surface area contributed by atoms with Gasteiger partial charge in [0.1, 0.15) is 5.75 Å². The minimum Gasteiger partial charge on any atom is -0.481 e. The molecule has 2 heterocycles. The van der Waals surface area contributed by atoms with Crippen molar-refractivity contribution in [3.05, 3.63) is 42.5 Å². The molecule has 30 heavy (non-hydrogen) atoms. The molecule has 0 saturated carbocycles. The smallest absolute Gasteiger partial charge is 0.263 e. The summed E-state index contributed by atoms with van der Waals surface area (Å²) in [5, 5.41) is 0. The summed E-state index contributed by atoms with van der Waals surface area (Å²) in [4.78, 5) is 14.2. The molecule has 1 fully saturated rings. The van der Waals surface area contributed by atoms with Crippen molar-refractivity contribution in [2.75, 3.05) is 37.8 Å². The third kappa shape index (κ3) is 4.44. The third-order valence-electron chi connectivity index (χ3n) is 4.74. The van der Waals surface area contributed by atoms with E-state index >= 15 is 0 Å². The molecule has 2 aromatic rings. The van der Waals surface area contributed by atoms with Crippen LogP contribution in [0.5, 0.6) is 17.2 Å². The number of morpholine rings is 1. The van der Waals surface area contributed by atoms with Gasteiger partial charge in [-0.2, -0.15) is 0 Å². The van der Waals surface area contributed by atoms with E-state index in [-0.39, 0.29) is 17.6 Å². The van der Waals surface area contributed by atoms with Crippen LogP contribution in [0.2, 0.25) is 0 Å². The number of hydrogen-bond acceptors (Lipinski definition) is 7. The monoisotopic (exact) mass is 434 g/mol. The molecule has 2 aromatic carbocycles. The van der Waals surface area contributed by atoms with Crippen molar-refractivity contribution >= 4 is 21.6 Å². The molecular weight excluding hydrogens is 412 g/mol. The van der Waals surface area contributed by atoms with Gasteiger partial charge in [0.2, 0.25) is 6.79 Å². The maximum absolute atomic E-state index is 12.7. The minimum atomic E-state index is -3.80. The Bertz CT molecular complexity index is 1020. The lowest BCUT2D eigenvalue weighted by Crippen LogP contribution is -2.46. The normalized spacial score (nSPS) is 16.8. The molecule has 0 unspecified atom stereocenters. The van der Waals surface area contributed by atoms with Gasteiger partial charge in [0, 0.05) is 19.2 Å². The van der Waals surface area contributed by atoms with E-state index in [9.17, 15) is 13.2 Å². The SMILES string of the molecule is C[C@H](Oc1ccc(S(=O)(=O)Nc2ccc3c(c2)OCO3)cc1)C(=O)N1CCOCC1. The molecule has 0 bridgehead atoms. The van der Waals surface area contributed by atoms with E-state index in [1.54, 1.807) is 30.0 Å². The Morgan fingerprint density at radius 1 is 1.07 bits per heavy atom. The molecule has 1 atom stereocenters. The second-order valence-corrected chi connectivity index (χ2v) is 8.53. The van der Waals surface area contributed by atoms with Crippen LogP contribution < -0.4 is 18.9 Å². The van der Waals surface area contributed by atoms with E-state index in [2.05, 4.69) is 4.72 Å². The fraction of sp³-hybridized carbons (Fsp3) is 0.350. The highest BCUT2D eigenvalue weighted by Crippen LogP contribution is 2.34. The molecular formula is C20H22N2O7S. The Balaban J connectivity index is 1.40. The van der Waals surface area contributed by atoms with E-state index in [0.29, 0.717) is 49.2 Å². The largest absolute Gasteiger partial charge is 0.481 e. The summed E-state index contributed by atoms with van der Waals surface area (Å²) < 4.78 is 49.2. The van der Waals surface area contributed by atoms with E-state index in [0.717, 1.165) is 0 Å². The van der Waals surface area contributed by atoms with Crippen molar-refractivity contribution in [3.63, 3.8) is 0 Å². The van der Waals surface area contributed by atoms with Crippen LogP contribution in [0.15, 0.2) is 47.4 Å². The summed E-state index contributed by atoms with van der Waals surface area (Å²) in [6.45, 7) is 3.89. The molecule has 1 saturated heterocycles. The first-order valence-corrected chi connectivity index (χ1v) is 11.0. The van der Waals surface area contributed by atoms with Gasteiger partial charge in [-0.25, -0.2) is 8.42 Å². The lowest BCUT2D eigenvalue weighted by atomic mass is 10.3. The number of ether oxygens (including phenoxy) is 4. The molecule has 10 heteroatoms. The van der Waals surface area contributed by atoms with Crippen molar-refractivity contribution < 1.29 is 32.2 Å². The van der Waals surface area contributed by atoms with Crippen molar-refractivity contribution in [2.24, 2.45) is 0 Å². The van der Waals surface area contributed by atoms with Gasteiger partial charge < -0.3 is 23.8 Å². The third-order valence-corrected chi connectivity index (χ3v) is 6.14. The van der Waals surface area contributed by atoms with Gasteiger partial charge in [0.25, 0.3) is 15.9 Å². The molecule has 0 aliphatic carbocycles. The molecule has 2 aliphatic heterocycles. The zero-order valence-electron chi connectivity index (χ0n) is 16.4. The van der Waals surface area contributed by atoms with Crippen LogP contribution in [0.25, 0.3) is 0 Å². The van der Waals surface area contributed by atoms with Gasteiger partial charge in [-0.15, -0.1) is 0 Å². The summed E-state index contributed by atoms with van der Waals surface area (Å²) in [6.07, 6.45) is -0.683. The van der Waals surface area contributed by atoms with Crippen LogP contribution in [-0.4, -0.2) is 58.4 Å². The first-order chi connectivity index (χ1) is 14.4. The highest BCUT2D eigenvalue weighted by molar-refractivity contribution is 7.92. The molecule has 1 amide bonds. The summed E-state index contributed by atoms with van der Waals surface area (Å²) in [7, 11) is -3.80. The lowest BCUT2D eigenvalue weighted by molar-refractivity contribution is -0.142. The van der Waals surface area contributed by atoms with E-state index in [1.165, 1.54) is 24.3 Å². The van der Waals surface area contributed by atoms with Crippen LogP contribution in [0.3, 0.4) is 0 Å². The van der Waals surface area contributed by atoms with Gasteiger partial charge >= 0.3 is 0 Å². The number of benzene rings is 2. The standard InChI is InChI=1S/C20H22N2O7S/c1-14(20(23)22-8-10-26-11-9-22)29-16-3-5-17(6-4-16)30(24,25)21-15-2-7-18-19(12-15)28-13-27-18/h2-7,12,14,21H,8-11,13H2,1H3/t14-/m0/s1. The Morgan fingerprint density at radius 3 is 2.50 bits per heavy atom. The molecule has 9 nitrogen and oxygen atoms in total. The van der Waals surface area contributed by atoms with Gasteiger partial charge in [0.15, 0.2) is 17.6 Å². The van der Waals surface area contributed by atoms with Gasteiger partial charge in [-0.1, -0.05) is 0 Å². The lowest BCUT2D eigenvalue weighted by Gasteiger charge is -2.29. The number of anilines is 1. The van der Waals surface area contributed by atoms with Crippen molar-refractivity contribution in [1.82, 2.24) is 4.90 Å². The highest BCUT2D eigenvalue weighted by Gasteiger charge is 2.24. The van der Waals surface area contributed by atoms with Crippen LogP contribution >= 0.6 is 0 Å². The number of fused-ring (bicyclic) bond motifs is 1. The van der Waals surface area contributed by atoms with Crippen LogP contribution in [-0.2, 0) is 19.6 Å². The average molecular weight is 434 g/mol. The molecule has 0 radical (unpaired) electrons. The minimum absolute atomic E-state index is 0.0691. The molecule has 1 N–H and O–H groups in total. The van der Waals surface area contributed by atoms with Gasteiger partial charge in [-0.3, -0.25) is 9.52 Å².